The van der Waals surface area contributed by atoms with Crippen LogP contribution in [0, 0.1) is 0 Å². The molecule has 2 nitrogen and oxygen atoms in total. The number of nitrogens with zero attached hydrogens (tertiary/aromatic N) is 2. The summed E-state index contributed by atoms with van der Waals surface area (Å²) in [5.41, 5.74) is 12.0. The maximum Gasteiger partial charge on any atom is 0.0547 e. The van der Waals surface area contributed by atoms with Crippen LogP contribution in [0.15, 0.2) is 194 Å². The zero-order valence-electron chi connectivity index (χ0n) is 28.4. The molecule has 0 aliphatic heterocycles. The minimum Gasteiger partial charge on any atom is -0.309 e. The van der Waals surface area contributed by atoms with Crippen LogP contribution in [0.3, 0.4) is 0 Å². The monoisotopic (exact) mass is 660 g/mol. The van der Waals surface area contributed by atoms with E-state index in [1.165, 1.54) is 93.1 Å². The molecule has 0 saturated heterocycles. The molecule has 0 radical (unpaired) electrons. The third-order valence-corrected chi connectivity index (χ3v) is 10.9. The average molecular weight is 661 g/mol. The van der Waals surface area contributed by atoms with E-state index in [4.69, 9.17) is 0 Å². The Morgan fingerprint density at radius 2 is 0.827 bits per heavy atom. The summed E-state index contributed by atoms with van der Waals surface area (Å²) in [6.07, 6.45) is 0. The van der Waals surface area contributed by atoms with Gasteiger partial charge in [0.15, 0.2) is 0 Å². The zero-order chi connectivity index (χ0) is 34.2. The largest absolute Gasteiger partial charge is 0.309 e. The van der Waals surface area contributed by atoms with Gasteiger partial charge in [-0.3, -0.25) is 0 Å². The second-order valence-corrected chi connectivity index (χ2v) is 13.8. The lowest BCUT2D eigenvalue weighted by Gasteiger charge is -2.12. The van der Waals surface area contributed by atoms with Crippen LogP contribution in [-0.4, -0.2) is 9.13 Å². The second kappa shape index (κ2) is 11.3. The highest BCUT2D eigenvalue weighted by Gasteiger charge is 2.18. The molecule has 0 aliphatic carbocycles. The molecular formula is C50H32N2. The van der Waals surface area contributed by atoms with Crippen molar-refractivity contribution in [2.24, 2.45) is 0 Å². The highest BCUT2D eigenvalue weighted by atomic mass is 15.0. The lowest BCUT2D eigenvalue weighted by atomic mass is 10.00. The van der Waals surface area contributed by atoms with Gasteiger partial charge in [0.2, 0.25) is 0 Å². The van der Waals surface area contributed by atoms with Crippen LogP contribution < -0.4 is 0 Å². The van der Waals surface area contributed by atoms with E-state index in [0.717, 1.165) is 5.69 Å². The van der Waals surface area contributed by atoms with Gasteiger partial charge >= 0.3 is 0 Å². The van der Waals surface area contributed by atoms with E-state index >= 15 is 0 Å². The third-order valence-electron chi connectivity index (χ3n) is 10.9. The fourth-order valence-corrected chi connectivity index (χ4v) is 8.44. The summed E-state index contributed by atoms with van der Waals surface area (Å²) in [7, 11) is 0. The minimum atomic E-state index is 1.16. The van der Waals surface area contributed by atoms with Crippen LogP contribution in [0.1, 0.15) is 0 Å². The molecule has 9 aromatic carbocycles. The molecule has 0 amide bonds. The van der Waals surface area contributed by atoms with Gasteiger partial charge in [-0.15, -0.1) is 0 Å². The molecule has 0 atom stereocenters. The normalized spacial score (nSPS) is 11.8. The van der Waals surface area contributed by atoms with Crippen LogP contribution >= 0.6 is 0 Å². The lowest BCUT2D eigenvalue weighted by Crippen LogP contribution is -1.95. The number of rotatable bonds is 4. The lowest BCUT2D eigenvalue weighted by molar-refractivity contribution is 1.18. The van der Waals surface area contributed by atoms with Gasteiger partial charge in [-0.1, -0.05) is 146 Å². The molecule has 0 saturated carbocycles. The molecule has 0 aliphatic rings. The van der Waals surface area contributed by atoms with Crippen molar-refractivity contribution in [1.82, 2.24) is 9.13 Å². The molecule has 2 heterocycles. The Labute approximate surface area is 301 Å². The smallest absolute Gasteiger partial charge is 0.0547 e. The Hall–Kier alpha value is -6.90. The van der Waals surface area contributed by atoms with Crippen molar-refractivity contribution in [3.05, 3.63) is 194 Å². The highest BCUT2D eigenvalue weighted by Crippen LogP contribution is 2.41. The summed E-state index contributed by atoms with van der Waals surface area (Å²) in [6.45, 7) is 0. The minimum absolute atomic E-state index is 1.16. The van der Waals surface area contributed by atoms with Gasteiger partial charge in [-0.25, -0.2) is 0 Å². The van der Waals surface area contributed by atoms with Crippen LogP contribution in [0.5, 0.6) is 0 Å². The Kier molecular flexibility index (Phi) is 6.28. The molecular weight excluding hydrogens is 629 g/mol. The van der Waals surface area contributed by atoms with Crippen LogP contribution in [0.2, 0.25) is 0 Å². The number of hydrogen-bond donors (Lipinski definition) is 0. The Morgan fingerprint density at radius 3 is 1.67 bits per heavy atom. The summed E-state index contributed by atoms with van der Waals surface area (Å²) in [4.78, 5) is 0. The van der Waals surface area contributed by atoms with Crippen LogP contribution in [0.4, 0.5) is 0 Å². The standard InChI is InChI=1S/C50H32N2/c1-2-11-33(12-3-1)37-16-10-17-40(29-37)51-46-20-9-8-19-43(46)44-26-22-38(31-48(44)51)39-23-27-45-49(32-39)52(41-25-21-34-13-4-5-15-36(34)30-41)47-28-24-35-14-6-7-18-42(35)50(45)47/h1-32H. The van der Waals surface area contributed by atoms with Crippen molar-refractivity contribution in [1.29, 1.82) is 0 Å². The van der Waals surface area contributed by atoms with Gasteiger partial charge in [0, 0.05) is 32.9 Å². The number of aromatic nitrogens is 2. The Morgan fingerprint density at radius 1 is 0.250 bits per heavy atom. The second-order valence-electron chi connectivity index (χ2n) is 13.8. The van der Waals surface area contributed by atoms with E-state index in [1.54, 1.807) is 0 Å². The first kappa shape index (κ1) is 28.9. The van der Waals surface area contributed by atoms with Crippen molar-refractivity contribution in [2.75, 3.05) is 0 Å². The van der Waals surface area contributed by atoms with E-state index in [9.17, 15) is 0 Å². The van der Waals surface area contributed by atoms with Crippen LogP contribution in [-0.2, 0) is 0 Å². The highest BCUT2D eigenvalue weighted by molar-refractivity contribution is 6.22. The molecule has 0 unspecified atom stereocenters. The van der Waals surface area contributed by atoms with Crippen molar-refractivity contribution in [2.45, 2.75) is 0 Å². The van der Waals surface area contributed by atoms with E-state index < -0.39 is 0 Å². The molecule has 52 heavy (non-hydrogen) atoms. The van der Waals surface area contributed by atoms with Crippen molar-refractivity contribution in [3.63, 3.8) is 0 Å². The fraction of sp³-hybridized carbons (Fsp3) is 0. The van der Waals surface area contributed by atoms with E-state index in [2.05, 4.69) is 203 Å². The molecule has 0 spiro atoms. The number of hydrogen-bond acceptors (Lipinski definition) is 0. The molecule has 242 valence electrons. The molecule has 0 bridgehead atoms. The van der Waals surface area contributed by atoms with Gasteiger partial charge in [0.1, 0.15) is 0 Å². The molecule has 11 rings (SSSR count). The molecule has 0 fully saturated rings. The van der Waals surface area contributed by atoms with E-state index in [-0.39, 0.29) is 0 Å². The number of fused-ring (bicyclic) bond motifs is 9. The molecule has 2 heteroatoms. The predicted octanol–water partition coefficient (Wildman–Crippen LogP) is 13.5. The topological polar surface area (TPSA) is 9.86 Å². The summed E-state index contributed by atoms with van der Waals surface area (Å²) in [5.74, 6) is 0. The first-order chi connectivity index (χ1) is 25.8. The van der Waals surface area contributed by atoms with Gasteiger partial charge < -0.3 is 9.13 Å². The summed E-state index contributed by atoms with van der Waals surface area (Å²) in [6, 6.07) is 71.1. The molecule has 2 aromatic heterocycles. The van der Waals surface area contributed by atoms with E-state index in [0.29, 0.717) is 0 Å². The fourth-order valence-electron chi connectivity index (χ4n) is 8.44. The zero-order valence-corrected chi connectivity index (χ0v) is 28.4. The summed E-state index contributed by atoms with van der Waals surface area (Å²) < 4.78 is 4.88. The SMILES string of the molecule is c1ccc(-c2cccc(-n3c4ccccc4c4ccc(-c5ccc6c7c8ccccc8ccc7n(-c7ccc8ccccc8c7)c6c5)cc43)c2)cc1. The summed E-state index contributed by atoms with van der Waals surface area (Å²) >= 11 is 0. The van der Waals surface area contributed by atoms with Gasteiger partial charge in [0.05, 0.1) is 22.1 Å². The number of benzene rings is 9. The average Bonchev–Trinajstić information content (AvgIpc) is 3.73. The quantitative estimate of drug-likeness (QED) is 0.178. The van der Waals surface area contributed by atoms with Crippen LogP contribution in [0.25, 0.3) is 98.8 Å². The predicted molar refractivity (Wildman–Crippen MR) is 221 cm³/mol. The number of para-hydroxylation sites is 1. The van der Waals surface area contributed by atoms with Crippen molar-refractivity contribution in [3.8, 4) is 33.6 Å². The van der Waals surface area contributed by atoms with E-state index in [1.807, 2.05) is 0 Å². The Balaban J connectivity index is 1.16. The third kappa shape index (κ3) is 4.38. The van der Waals surface area contributed by atoms with Gasteiger partial charge in [-0.2, -0.15) is 0 Å². The maximum atomic E-state index is 2.46. The molecule has 11 aromatic rings. The van der Waals surface area contributed by atoms with Crippen molar-refractivity contribution >= 4 is 65.2 Å². The molecule has 0 N–H and O–H groups in total. The first-order valence-corrected chi connectivity index (χ1v) is 17.9. The maximum absolute atomic E-state index is 2.46. The van der Waals surface area contributed by atoms with Gasteiger partial charge in [-0.05, 0) is 92.3 Å². The van der Waals surface area contributed by atoms with Crippen molar-refractivity contribution < 1.29 is 0 Å². The summed E-state index contributed by atoms with van der Waals surface area (Å²) in [5, 5.41) is 10.1. The van der Waals surface area contributed by atoms with Gasteiger partial charge in [0.25, 0.3) is 0 Å². The first-order valence-electron chi connectivity index (χ1n) is 17.9. The Bertz CT molecular complexity index is 3180.